The van der Waals surface area contributed by atoms with Gasteiger partial charge in [0.25, 0.3) is 0 Å². The molecule has 0 amide bonds. The van der Waals surface area contributed by atoms with Crippen LogP contribution in [0, 0.1) is 12.3 Å². The van der Waals surface area contributed by atoms with Crippen molar-refractivity contribution < 1.29 is 4.74 Å². The summed E-state index contributed by atoms with van der Waals surface area (Å²) in [6, 6.07) is 1.04. The highest BCUT2D eigenvalue weighted by molar-refractivity contribution is 4.83. The summed E-state index contributed by atoms with van der Waals surface area (Å²) in [5.74, 6) is 2.65. The van der Waals surface area contributed by atoms with Gasteiger partial charge in [0, 0.05) is 25.0 Å². The maximum absolute atomic E-state index is 5.41. The van der Waals surface area contributed by atoms with E-state index in [1.807, 2.05) is 0 Å². The van der Waals surface area contributed by atoms with Crippen molar-refractivity contribution in [3.8, 4) is 12.3 Å². The lowest BCUT2D eigenvalue weighted by molar-refractivity contribution is 0.0712. The zero-order valence-corrected chi connectivity index (χ0v) is 9.59. The molecular weight excluding hydrogens is 188 g/mol. The maximum atomic E-state index is 5.41. The molecule has 1 fully saturated rings. The second-order valence-corrected chi connectivity index (χ2v) is 4.12. The van der Waals surface area contributed by atoms with Crippen LogP contribution in [-0.2, 0) is 4.74 Å². The quantitative estimate of drug-likeness (QED) is 0.501. The van der Waals surface area contributed by atoms with Crippen molar-refractivity contribution in [1.29, 1.82) is 0 Å². The van der Waals surface area contributed by atoms with E-state index < -0.39 is 0 Å². The molecule has 0 bridgehead atoms. The highest BCUT2D eigenvalue weighted by atomic mass is 16.5. The first-order chi connectivity index (χ1) is 7.33. The van der Waals surface area contributed by atoms with Crippen LogP contribution in [0.25, 0.3) is 0 Å². The number of unbranched alkanes of at least 4 members (excludes halogenated alkanes) is 1. The van der Waals surface area contributed by atoms with Gasteiger partial charge in [0.1, 0.15) is 0 Å². The Morgan fingerprint density at radius 3 is 3.20 bits per heavy atom. The fourth-order valence-electron chi connectivity index (χ4n) is 1.82. The number of hydrogen-bond donors (Lipinski definition) is 2. The number of rotatable bonds is 6. The lowest BCUT2D eigenvalue weighted by atomic mass is 10.1. The van der Waals surface area contributed by atoms with Crippen molar-refractivity contribution in [2.45, 2.75) is 38.3 Å². The number of ether oxygens (including phenoxy) is 1. The molecule has 2 unspecified atom stereocenters. The molecule has 3 heteroatoms. The van der Waals surface area contributed by atoms with Crippen molar-refractivity contribution in [2.24, 2.45) is 0 Å². The fourth-order valence-corrected chi connectivity index (χ4v) is 1.82. The van der Waals surface area contributed by atoms with Gasteiger partial charge in [-0.05, 0) is 26.3 Å². The standard InChI is InChI=1S/C12H22N2O/c1-3-4-5-6-13-11(2)9-12-10-15-8-7-14-12/h1,11-14H,4-10H2,2H3. The van der Waals surface area contributed by atoms with Crippen LogP contribution in [0.2, 0.25) is 0 Å². The number of morpholine rings is 1. The summed E-state index contributed by atoms with van der Waals surface area (Å²) in [6.45, 7) is 5.90. The molecule has 1 aliphatic heterocycles. The van der Waals surface area contributed by atoms with Crippen LogP contribution in [0.5, 0.6) is 0 Å². The molecule has 0 radical (unpaired) electrons. The summed E-state index contributed by atoms with van der Waals surface area (Å²) in [4.78, 5) is 0. The van der Waals surface area contributed by atoms with E-state index >= 15 is 0 Å². The van der Waals surface area contributed by atoms with Crippen LogP contribution in [0.15, 0.2) is 0 Å². The average Bonchev–Trinajstić information content (AvgIpc) is 2.26. The Bertz CT molecular complexity index is 194. The zero-order chi connectivity index (χ0) is 10.9. The third kappa shape index (κ3) is 5.78. The van der Waals surface area contributed by atoms with Gasteiger partial charge in [-0.15, -0.1) is 12.3 Å². The van der Waals surface area contributed by atoms with Crippen LogP contribution in [0.3, 0.4) is 0 Å². The van der Waals surface area contributed by atoms with Gasteiger partial charge in [-0.3, -0.25) is 0 Å². The van der Waals surface area contributed by atoms with Crippen LogP contribution < -0.4 is 10.6 Å². The molecule has 1 aliphatic rings. The maximum Gasteiger partial charge on any atom is 0.0620 e. The molecule has 0 aromatic rings. The minimum Gasteiger partial charge on any atom is -0.379 e. The molecule has 0 aromatic carbocycles. The Kier molecular flexibility index (Phi) is 6.42. The molecule has 0 saturated carbocycles. The molecule has 1 saturated heterocycles. The van der Waals surface area contributed by atoms with Gasteiger partial charge < -0.3 is 15.4 Å². The van der Waals surface area contributed by atoms with Crippen LogP contribution in [0.1, 0.15) is 26.2 Å². The van der Waals surface area contributed by atoms with Gasteiger partial charge in [-0.1, -0.05) is 0 Å². The van der Waals surface area contributed by atoms with E-state index in [-0.39, 0.29) is 0 Å². The summed E-state index contributed by atoms with van der Waals surface area (Å²) in [5, 5.41) is 6.93. The van der Waals surface area contributed by atoms with E-state index in [1.54, 1.807) is 0 Å². The fraction of sp³-hybridized carbons (Fsp3) is 0.833. The molecule has 2 N–H and O–H groups in total. The van der Waals surface area contributed by atoms with E-state index in [0.717, 1.165) is 45.6 Å². The Morgan fingerprint density at radius 2 is 2.53 bits per heavy atom. The van der Waals surface area contributed by atoms with E-state index in [4.69, 9.17) is 11.2 Å². The highest BCUT2D eigenvalue weighted by Gasteiger charge is 2.15. The lowest BCUT2D eigenvalue weighted by Gasteiger charge is -2.26. The van der Waals surface area contributed by atoms with Gasteiger partial charge in [0.05, 0.1) is 13.2 Å². The molecule has 86 valence electrons. The van der Waals surface area contributed by atoms with E-state index in [9.17, 15) is 0 Å². The predicted octanol–water partition coefficient (Wildman–Crippen LogP) is 0.756. The van der Waals surface area contributed by atoms with E-state index in [1.165, 1.54) is 0 Å². The smallest absolute Gasteiger partial charge is 0.0620 e. The largest absolute Gasteiger partial charge is 0.379 e. The Hall–Kier alpha value is -0.560. The van der Waals surface area contributed by atoms with Crippen molar-refractivity contribution >= 4 is 0 Å². The summed E-state index contributed by atoms with van der Waals surface area (Å²) in [7, 11) is 0. The first kappa shape index (κ1) is 12.5. The molecule has 1 heterocycles. The van der Waals surface area contributed by atoms with Gasteiger partial charge in [-0.2, -0.15) is 0 Å². The first-order valence-electron chi connectivity index (χ1n) is 5.81. The molecule has 0 aromatic heterocycles. The molecule has 15 heavy (non-hydrogen) atoms. The van der Waals surface area contributed by atoms with Crippen LogP contribution >= 0.6 is 0 Å². The second-order valence-electron chi connectivity index (χ2n) is 4.12. The van der Waals surface area contributed by atoms with Gasteiger partial charge in [-0.25, -0.2) is 0 Å². The van der Waals surface area contributed by atoms with Crippen LogP contribution in [-0.4, -0.2) is 38.4 Å². The minimum absolute atomic E-state index is 0.508. The first-order valence-corrected chi connectivity index (χ1v) is 5.81. The Balaban J connectivity index is 2.01. The SMILES string of the molecule is C#CCCCNC(C)CC1COCCN1. The number of nitrogens with one attached hydrogen (secondary N) is 2. The second kappa shape index (κ2) is 7.70. The molecule has 1 rings (SSSR count). The van der Waals surface area contributed by atoms with Gasteiger partial charge in [0.15, 0.2) is 0 Å². The van der Waals surface area contributed by atoms with E-state index in [2.05, 4.69) is 23.5 Å². The molecular formula is C12H22N2O. The molecule has 2 atom stereocenters. The zero-order valence-electron chi connectivity index (χ0n) is 9.59. The summed E-state index contributed by atoms with van der Waals surface area (Å²) in [6.07, 6.45) is 8.24. The summed E-state index contributed by atoms with van der Waals surface area (Å²) < 4.78 is 5.41. The van der Waals surface area contributed by atoms with Crippen LogP contribution in [0.4, 0.5) is 0 Å². The predicted molar refractivity (Wildman–Crippen MR) is 62.8 cm³/mol. The van der Waals surface area contributed by atoms with Crippen molar-refractivity contribution in [1.82, 2.24) is 10.6 Å². The van der Waals surface area contributed by atoms with E-state index in [0.29, 0.717) is 12.1 Å². The minimum atomic E-state index is 0.508. The van der Waals surface area contributed by atoms with Crippen molar-refractivity contribution in [3.63, 3.8) is 0 Å². The lowest BCUT2D eigenvalue weighted by Crippen LogP contribution is -2.45. The molecule has 0 spiro atoms. The Labute approximate surface area is 93.0 Å². The summed E-state index contributed by atoms with van der Waals surface area (Å²) in [5.41, 5.74) is 0. The number of terminal acetylenes is 1. The average molecular weight is 210 g/mol. The Morgan fingerprint density at radius 1 is 1.67 bits per heavy atom. The van der Waals surface area contributed by atoms with Gasteiger partial charge >= 0.3 is 0 Å². The van der Waals surface area contributed by atoms with Crippen molar-refractivity contribution in [2.75, 3.05) is 26.3 Å². The summed E-state index contributed by atoms with van der Waals surface area (Å²) >= 11 is 0. The molecule has 0 aliphatic carbocycles. The van der Waals surface area contributed by atoms with Gasteiger partial charge in [0.2, 0.25) is 0 Å². The monoisotopic (exact) mass is 210 g/mol. The third-order valence-corrected chi connectivity index (χ3v) is 2.63. The number of hydrogen-bond acceptors (Lipinski definition) is 3. The van der Waals surface area contributed by atoms with Crippen molar-refractivity contribution in [3.05, 3.63) is 0 Å². The normalized spacial score (nSPS) is 23.3. The highest BCUT2D eigenvalue weighted by Crippen LogP contribution is 2.02. The topological polar surface area (TPSA) is 33.3 Å². The third-order valence-electron chi connectivity index (χ3n) is 2.63. The molecule has 3 nitrogen and oxygen atoms in total.